The molecule has 0 radical (unpaired) electrons. The number of aryl methyl sites for hydroxylation is 2. The third-order valence-corrected chi connectivity index (χ3v) is 4.54. The molecule has 0 aliphatic carbocycles. The molecule has 1 amide bonds. The van der Waals surface area contributed by atoms with Gasteiger partial charge in [-0.2, -0.15) is 10.2 Å². The van der Waals surface area contributed by atoms with Crippen LogP contribution in [0.25, 0.3) is 11.3 Å². The van der Waals surface area contributed by atoms with Gasteiger partial charge in [0.2, 0.25) is 0 Å². The fourth-order valence-corrected chi connectivity index (χ4v) is 2.77. The summed E-state index contributed by atoms with van der Waals surface area (Å²) < 4.78 is 0. The molecule has 6 heteroatoms. The van der Waals surface area contributed by atoms with Crippen LogP contribution in [-0.4, -0.2) is 21.8 Å². The van der Waals surface area contributed by atoms with Gasteiger partial charge in [-0.05, 0) is 50.1 Å². The molecule has 2 aromatic carbocycles. The third-order valence-electron chi connectivity index (χ3n) is 4.21. The van der Waals surface area contributed by atoms with Gasteiger partial charge in [-0.3, -0.25) is 9.89 Å². The molecule has 0 aliphatic rings. The van der Waals surface area contributed by atoms with E-state index < -0.39 is 0 Å². The highest BCUT2D eigenvalue weighted by molar-refractivity contribution is 6.34. The van der Waals surface area contributed by atoms with Crippen molar-refractivity contribution in [3.05, 3.63) is 75.9 Å². The Balaban J connectivity index is 1.75. The van der Waals surface area contributed by atoms with E-state index in [0.717, 1.165) is 11.1 Å². The summed E-state index contributed by atoms with van der Waals surface area (Å²) in [7, 11) is 0. The first-order valence-electron chi connectivity index (χ1n) is 8.18. The number of hydrogen-bond donors (Lipinski definition) is 2. The summed E-state index contributed by atoms with van der Waals surface area (Å²) in [6.45, 7) is 5.89. The van der Waals surface area contributed by atoms with Crippen molar-refractivity contribution in [1.29, 1.82) is 0 Å². The second-order valence-corrected chi connectivity index (χ2v) is 6.49. The summed E-state index contributed by atoms with van der Waals surface area (Å²) >= 11 is 6.14. The Labute approximate surface area is 157 Å². The SMILES string of the molecule is C/C(=N/NC(=O)c1cc(-c2ccc(C)c(C)c2)n[nH]1)c1ccccc1Cl. The van der Waals surface area contributed by atoms with Crippen molar-refractivity contribution in [3.8, 4) is 11.3 Å². The minimum atomic E-state index is -0.362. The number of hydrogen-bond acceptors (Lipinski definition) is 3. The number of rotatable bonds is 4. The zero-order chi connectivity index (χ0) is 18.7. The predicted octanol–water partition coefficient (Wildman–Crippen LogP) is 4.50. The van der Waals surface area contributed by atoms with Crippen molar-refractivity contribution in [2.24, 2.45) is 5.10 Å². The standard InChI is InChI=1S/C20H19ClN4O/c1-12-8-9-15(10-13(12)2)18-11-19(24-23-18)20(26)25-22-14(3)16-6-4-5-7-17(16)21/h4-11H,1-3H3,(H,23,24)(H,25,26)/b22-14-. The van der Waals surface area contributed by atoms with Crippen molar-refractivity contribution in [1.82, 2.24) is 15.6 Å². The lowest BCUT2D eigenvalue weighted by atomic mass is 10.0. The summed E-state index contributed by atoms with van der Waals surface area (Å²) in [6.07, 6.45) is 0. The zero-order valence-electron chi connectivity index (χ0n) is 14.8. The summed E-state index contributed by atoms with van der Waals surface area (Å²) in [4.78, 5) is 12.3. The fraction of sp³-hybridized carbons (Fsp3) is 0.150. The van der Waals surface area contributed by atoms with E-state index in [4.69, 9.17) is 11.6 Å². The highest BCUT2D eigenvalue weighted by Crippen LogP contribution is 2.21. The first-order chi connectivity index (χ1) is 12.5. The average molecular weight is 367 g/mol. The van der Waals surface area contributed by atoms with Crippen molar-refractivity contribution < 1.29 is 4.79 Å². The van der Waals surface area contributed by atoms with E-state index >= 15 is 0 Å². The summed E-state index contributed by atoms with van der Waals surface area (Å²) in [5, 5.41) is 11.7. The Kier molecular flexibility index (Phi) is 5.19. The smallest absolute Gasteiger partial charge is 0.272 e. The normalized spacial score (nSPS) is 11.5. The van der Waals surface area contributed by atoms with Crippen LogP contribution in [0, 0.1) is 13.8 Å². The van der Waals surface area contributed by atoms with Gasteiger partial charge in [0, 0.05) is 16.1 Å². The predicted molar refractivity (Wildman–Crippen MR) is 105 cm³/mol. The molecule has 26 heavy (non-hydrogen) atoms. The van der Waals surface area contributed by atoms with Crippen molar-refractivity contribution in [2.75, 3.05) is 0 Å². The second kappa shape index (κ2) is 7.54. The number of aromatic nitrogens is 2. The van der Waals surface area contributed by atoms with E-state index in [-0.39, 0.29) is 5.91 Å². The van der Waals surface area contributed by atoms with Gasteiger partial charge in [-0.1, -0.05) is 41.9 Å². The Hall–Kier alpha value is -2.92. The van der Waals surface area contributed by atoms with Crippen LogP contribution in [0.1, 0.15) is 34.1 Å². The Morgan fingerprint density at radius 3 is 2.62 bits per heavy atom. The van der Waals surface area contributed by atoms with Gasteiger partial charge < -0.3 is 0 Å². The molecule has 0 bridgehead atoms. The number of amides is 1. The summed E-state index contributed by atoms with van der Waals surface area (Å²) in [5.74, 6) is -0.362. The maximum absolute atomic E-state index is 12.3. The molecular formula is C20H19ClN4O. The molecule has 2 N–H and O–H groups in total. The molecule has 1 aromatic heterocycles. The maximum atomic E-state index is 12.3. The average Bonchev–Trinajstić information content (AvgIpc) is 3.12. The molecule has 3 aromatic rings. The molecule has 0 fully saturated rings. The van der Waals surface area contributed by atoms with Gasteiger partial charge in [0.1, 0.15) is 5.69 Å². The van der Waals surface area contributed by atoms with E-state index in [2.05, 4.69) is 27.6 Å². The lowest BCUT2D eigenvalue weighted by molar-refractivity contribution is 0.0950. The second-order valence-electron chi connectivity index (χ2n) is 6.08. The number of halogens is 1. The largest absolute Gasteiger partial charge is 0.289 e. The molecule has 0 spiro atoms. The topological polar surface area (TPSA) is 70.1 Å². The number of nitrogens with one attached hydrogen (secondary N) is 2. The number of aromatic amines is 1. The van der Waals surface area contributed by atoms with Crippen LogP contribution in [0.15, 0.2) is 53.6 Å². The molecule has 5 nitrogen and oxygen atoms in total. The van der Waals surface area contributed by atoms with Gasteiger partial charge in [0.25, 0.3) is 5.91 Å². The van der Waals surface area contributed by atoms with Crippen LogP contribution in [0.2, 0.25) is 5.02 Å². The maximum Gasteiger partial charge on any atom is 0.289 e. The van der Waals surface area contributed by atoms with Gasteiger partial charge in [0.05, 0.1) is 11.4 Å². The van der Waals surface area contributed by atoms with Crippen LogP contribution in [-0.2, 0) is 0 Å². The molecular weight excluding hydrogens is 348 g/mol. The summed E-state index contributed by atoms with van der Waals surface area (Å²) in [6, 6.07) is 15.1. The minimum absolute atomic E-state index is 0.342. The number of H-pyrrole nitrogens is 1. The number of carbonyl (C=O) groups is 1. The lowest BCUT2D eigenvalue weighted by Gasteiger charge is -2.03. The molecule has 3 rings (SSSR count). The van der Waals surface area contributed by atoms with Crippen molar-refractivity contribution in [2.45, 2.75) is 20.8 Å². The highest BCUT2D eigenvalue weighted by atomic mass is 35.5. The first-order valence-corrected chi connectivity index (χ1v) is 8.56. The lowest BCUT2D eigenvalue weighted by Crippen LogP contribution is -2.19. The Morgan fingerprint density at radius 2 is 1.88 bits per heavy atom. The monoisotopic (exact) mass is 366 g/mol. The van der Waals surface area contributed by atoms with Gasteiger partial charge >= 0.3 is 0 Å². The van der Waals surface area contributed by atoms with Gasteiger partial charge in [-0.25, -0.2) is 5.43 Å². The van der Waals surface area contributed by atoms with E-state index in [1.807, 2.05) is 43.3 Å². The third kappa shape index (κ3) is 3.83. The molecule has 0 atom stereocenters. The van der Waals surface area contributed by atoms with Crippen LogP contribution >= 0.6 is 11.6 Å². The Bertz CT molecular complexity index is 991. The molecule has 0 saturated heterocycles. The summed E-state index contributed by atoms with van der Waals surface area (Å²) in [5.41, 5.74) is 8.33. The van der Waals surface area contributed by atoms with Crippen molar-refractivity contribution >= 4 is 23.2 Å². The quantitative estimate of drug-likeness (QED) is 0.527. The highest BCUT2D eigenvalue weighted by Gasteiger charge is 2.11. The van der Waals surface area contributed by atoms with Crippen LogP contribution in [0.3, 0.4) is 0 Å². The van der Waals surface area contributed by atoms with Crippen LogP contribution in [0.4, 0.5) is 0 Å². The minimum Gasteiger partial charge on any atom is -0.272 e. The molecule has 0 saturated carbocycles. The van der Waals surface area contributed by atoms with Gasteiger partial charge in [0.15, 0.2) is 0 Å². The van der Waals surface area contributed by atoms with Crippen LogP contribution in [0.5, 0.6) is 0 Å². The molecule has 132 valence electrons. The molecule has 0 unspecified atom stereocenters. The zero-order valence-corrected chi connectivity index (χ0v) is 15.6. The number of hydrazone groups is 1. The number of nitrogens with zero attached hydrogens (tertiary/aromatic N) is 2. The van der Waals surface area contributed by atoms with E-state index in [1.165, 1.54) is 11.1 Å². The fourth-order valence-electron chi connectivity index (χ4n) is 2.50. The van der Waals surface area contributed by atoms with E-state index in [9.17, 15) is 4.79 Å². The molecule has 1 heterocycles. The van der Waals surface area contributed by atoms with Crippen LogP contribution < -0.4 is 5.43 Å². The first kappa shape index (κ1) is 17.9. The number of benzene rings is 2. The van der Waals surface area contributed by atoms with Crippen molar-refractivity contribution in [3.63, 3.8) is 0 Å². The van der Waals surface area contributed by atoms with E-state index in [0.29, 0.717) is 22.1 Å². The number of carbonyl (C=O) groups excluding carboxylic acids is 1. The Morgan fingerprint density at radius 1 is 1.12 bits per heavy atom. The van der Waals surface area contributed by atoms with E-state index in [1.54, 1.807) is 19.1 Å². The van der Waals surface area contributed by atoms with Gasteiger partial charge in [-0.15, -0.1) is 0 Å². The molecule has 0 aliphatic heterocycles.